The molecule has 0 spiro atoms. The molecule has 0 bridgehead atoms. The van der Waals surface area contributed by atoms with Crippen LogP contribution in [0.2, 0.25) is 10.0 Å². The van der Waals surface area contributed by atoms with Gasteiger partial charge in [0.05, 0.1) is 23.8 Å². The number of hydrogen-bond acceptors (Lipinski definition) is 4. The number of nitrogens with zero attached hydrogens (tertiary/aromatic N) is 1. The number of ether oxygens (including phenoxy) is 1. The van der Waals surface area contributed by atoms with Gasteiger partial charge in [-0.25, -0.2) is 4.39 Å². The largest absolute Gasteiger partial charge is 0.481 e. The molecular formula is C25H30Cl2FNO4. The molecule has 2 aromatic carbocycles. The van der Waals surface area contributed by atoms with E-state index in [1.165, 1.54) is 6.07 Å². The van der Waals surface area contributed by atoms with E-state index in [1.54, 1.807) is 12.1 Å². The highest BCUT2D eigenvalue weighted by Gasteiger charge is 2.27. The van der Waals surface area contributed by atoms with Crippen molar-refractivity contribution in [3.8, 4) is 0 Å². The second-order valence-electron chi connectivity index (χ2n) is 8.57. The first-order chi connectivity index (χ1) is 15.7. The second kappa shape index (κ2) is 12.1. The van der Waals surface area contributed by atoms with Crippen molar-refractivity contribution in [3.05, 3.63) is 69.0 Å². The van der Waals surface area contributed by atoms with Gasteiger partial charge in [0.1, 0.15) is 5.82 Å². The lowest BCUT2D eigenvalue weighted by molar-refractivity contribution is -0.136. The molecule has 1 fully saturated rings. The first-order valence-corrected chi connectivity index (χ1v) is 12.0. The molecule has 2 aromatic rings. The Morgan fingerprint density at radius 1 is 1.27 bits per heavy atom. The number of benzene rings is 2. The molecule has 1 aliphatic rings. The SMILES string of the molecule is C[C@@H](OC[C@H](O)CN1CCC[C@H]1Cc1ccc(Cl)c(F)c1)c1cccc(Cl)c1CCC(=O)O. The summed E-state index contributed by atoms with van der Waals surface area (Å²) in [5.74, 6) is -1.30. The van der Waals surface area contributed by atoms with Gasteiger partial charge in [-0.15, -0.1) is 0 Å². The number of aliphatic hydroxyl groups is 1. The van der Waals surface area contributed by atoms with Crippen LogP contribution in [0.3, 0.4) is 0 Å². The molecule has 0 saturated carbocycles. The molecule has 3 atom stereocenters. The van der Waals surface area contributed by atoms with Crippen molar-refractivity contribution in [2.75, 3.05) is 19.7 Å². The van der Waals surface area contributed by atoms with Crippen LogP contribution in [0.5, 0.6) is 0 Å². The Balaban J connectivity index is 1.54. The Bertz CT molecular complexity index is 958. The lowest BCUT2D eigenvalue weighted by Crippen LogP contribution is -2.39. The molecule has 0 aliphatic carbocycles. The van der Waals surface area contributed by atoms with Crippen LogP contribution in [-0.2, 0) is 22.4 Å². The molecule has 33 heavy (non-hydrogen) atoms. The fourth-order valence-corrected chi connectivity index (χ4v) is 4.82. The molecule has 1 heterocycles. The van der Waals surface area contributed by atoms with Gasteiger partial charge in [-0.2, -0.15) is 0 Å². The predicted octanol–water partition coefficient (Wildman–Crippen LogP) is 5.30. The Labute approximate surface area is 204 Å². The molecule has 0 unspecified atom stereocenters. The van der Waals surface area contributed by atoms with Gasteiger partial charge >= 0.3 is 5.97 Å². The number of likely N-dealkylation sites (tertiary alicyclic amines) is 1. The van der Waals surface area contributed by atoms with E-state index < -0.39 is 17.9 Å². The number of rotatable bonds is 11. The number of halogens is 3. The summed E-state index contributed by atoms with van der Waals surface area (Å²) in [6, 6.07) is 10.6. The molecule has 0 amide bonds. The predicted molar refractivity (Wildman–Crippen MR) is 127 cm³/mol. The molecule has 1 saturated heterocycles. The summed E-state index contributed by atoms with van der Waals surface area (Å²) < 4.78 is 19.7. The van der Waals surface area contributed by atoms with Crippen molar-refractivity contribution in [3.63, 3.8) is 0 Å². The van der Waals surface area contributed by atoms with Gasteiger partial charge < -0.3 is 14.9 Å². The molecule has 180 valence electrons. The molecule has 0 aromatic heterocycles. The number of carboxylic acids is 1. The second-order valence-corrected chi connectivity index (χ2v) is 9.39. The minimum Gasteiger partial charge on any atom is -0.481 e. The Morgan fingerprint density at radius 3 is 2.79 bits per heavy atom. The van der Waals surface area contributed by atoms with E-state index in [0.29, 0.717) is 24.4 Å². The average Bonchev–Trinajstić information content (AvgIpc) is 3.19. The van der Waals surface area contributed by atoms with Gasteiger partial charge in [-0.3, -0.25) is 9.69 Å². The molecule has 1 aliphatic heterocycles. The molecule has 5 nitrogen and oxygen atoms in total. The summed E-state index contributed by atoms with van der Waals surface area (Å²) in [4.78, 5) is 13.2. The van der Waals surface area contributed by atoms with Crippen molar-refractivity contribution in [1.29, 1.82) is 0 Å². The first-order valence-electron chi connectivity index (χ1n) is 11.2. The summed E-state index contributed by atoms with van der Waals surface area (Å²) in [5, 5.41) is 20.3. The first kappa shape index (κ1) is 25.9. The van der Waals surface area contributed by atoms with E-state index in [-0.39, 0.29) is 30.2 Å². The van der Waals surface area contributed by atoms with Gasteiger partial charge in [0.25, 0.3) is 0 Å². The van der Waals surface area contributed by atoms with Crippen LogP contribution in [0, 0.1) is 5.82 Å². The maximum atomic E-state index is 13.8. The third-order valence-corrected chi connectivity index (χ3v) is 6.78. The molecular weight excluding hydrogens is 468 g/mol. The maximum absolute atomic E-state index is 13.8. The summed E-state index contributed by atoms with van der Waals surface area (Å²) in [6.45, 7) is 3.36. The minimum atomic E-state index is -0.883. The topological polar surface area (TPSA) is 70.0 Å². The van der Waals surface area contributed by atoms with Crippen molar-refractivity contribution < 1.29 is 24.1 Å². The number of aliphatic hydroxyl groups excluding tert-OH is 1. The third-order valence-electron chi connectivity index (χ3n) is 6.12. The molecule has 0 radical (unpaired) electrons. The Hall–Kier alpha value is -1.70. The van der Waals surface area contributed by atoms with Crippen molar-refractivity contribution in [1.82, 2.24) is 4.90 Å². The van der Waals surface area contributed by atoms with E-state index in [0.717, 1.165) is 36.1 Å². The Kier molecular flexibility index (Phi) is 9.53. The highest BCUT2D eigenvalue weighted by Crippen LogP contribution is 2.29. The fourth-order valence-electron chi connectivity index (χ4n) is 4.43. The highest BCUT2D eigenvalue weighted by atomic mass is 35.5. The van der Waals surface area contributed by atoms with Gasteiger partial charge in [0, 0.05) is 24.0 Å². The van der Waals surface area contributed by atoms with Crippen LogP contribution in [0.1, 0.15) is 49.0 Å². The van der Waals surface area contributed by atoms with Crippen LogP contribution in [0.25, 0.3) is 0 Å². The van der Waals surface area contributed by atoms with Gasteiger partial charge in [0.2, 0.25) is 0 Å². The van der Waals surface area contributed by atoms with Gasteiger partial charge in [-0.1, -0.05) is 41.4 Å². The van der Waals surface area contributed by atoms with E-state index in [2.05, 4.69) is 4.90 Å². The molecule has 3 rings (SSSR count). The van der Waals surface area contributed by atoms with Crippen LogP contribution in [0.4, 0.5) is 4.39 Å². The highest BCUT2D eigenvalue weighted by molar-refractivity contribution is 6.31. The smallest absolute Gasteiger partial charge is 0.303 e. The van der Waals surface area contributed by atoms with E-state index >= 15 is 0 Å². The van der Waals surface area contributed by atoms with E-state index in [9.17, 15) is 14.3 Å². The molecule has 8 heteroatoms. The minimum absolute atomic E-state index is 0.0139. The number of hydrogen-bond donors (Lipinski definition) is 2. The number of aliphatic carboxylic acids is 1. The van der Waals surface area contributed by atoms with Gasteiger partial charge in [0.15, 0.2) is 0 Å². The lowest BCUT2D eigenvalue weighted by Gasteiger charge is -2.28. The average molecular weight is 498 g/mol. The summed E-state index contributed by atoms with van der Waals surface area (Å²) in [6.07, 6.45) is 2.00. The zero-order valence-electron chi connectivity index (χ0n) is 18.6. The molecule has 2 N–H and O–H groups in total. The summed E-state index contributed by atoms with van der Waals surface area (Å²) in [7, 11) is 0. The van der Waals surface area contributed by atoms with Crippen LogP contribution < -0.4 is 0 Å². The zero-order chi connectivity index (χ0) is 24.0. The van der Waals surface area contributed by atoms with Crippen LogP contribution >= 0.6 is 23.2 Å². The number of carboxylic acid groups (broad SMARTS) is 1. The Morgan fingerprint density at radius 2 is 2.06 bits per heavy atom. The maximum Gasteiger partial charge on any atom is 0.303 e. The lowest BCUT2D eigenvalue weighted by atomic mass is 9.99. The number of carbonyl (C=O) groups is 1. The summed E-state index contributed by atoms with van der Waals surface area (Å²) in [5.41, 5.74) is 2.49. The third kappa shape index (κ3) is 7.39. The quantitative estimate of drug-likeness (QED) is 0.441. The van der Waals surface area contributed by atoms with Gasteiger partial charge in [-0.05, 0) is 74.0 Å². The normalized spacial score (nSPS) is 18.4. The van der Waals surface area contributed by atoms with Crippen molar-refractivity contribution >= 4 is 29.2 Å². The van der Waals surface area contributed by atoms with E-state index in [4.69, 9.17) is 33.0 Å². The summed E-state index contributed by atoms with van der Waals surface area (Å²) >= 11 is 12.1. The monoisotopic (exact) mass is 497 g/mol. The zero-order valence-corrected chi connectivity index (χ0v) is 20.2. The van der Waals surface area contributed by atoms with Crippen molar-refractivity contribution in [2.45, 2.75) is 57.3 Å². The fraction of sp³-hybridized carbons (Fsp3) is 0.480. The standard InChI is InChI=1S/C25H30Cl2FNO4/c1-16(20-5-2-6-22(26)21(20)8-10-25(31)32)33-15-19(30)14-29-11-3-4-18(29)12-17-7-9-23(27)24(28)13-17/h2,5-7,9,13,16,18-19,30H,3-4,8,10-12,14-15H2,1H3,(H,31,32)/t16-,18+,19-/m1/s1. The van der Waals surface area contributed by atoms with Crippen LogP contribution in [0.15, 0.2) is 36.4 Å². The van der Waals surface area contributed by atoms with Crippen molar-refractivity contribution in [2.24, 2.45) is 0 Å². The number of β-amino-alcohol motifs (C(OH)–C–C–N with tert-alkyl or cyclic N) is 1. The van der Waals surface area contributed by atoms with Crippen LogP contribution in [-0.4, -0.2) is 52.9 Å². The van der Waals surface area contributed by atoms with E-state index in [1.807, 2.05) is 25.1 Å².